The minimum Gasteiger partial charge on any atom is -0.371 e. The summed E-state index contributed by atoms with van der Waals surface area (Å²) in [6.07, 6.45) is 4.19. The summed E-state index contributed by atoms with van der Waals surface area (Å²) < 4.78 is 0. The molecule has 35 heavy (non-hydrogen) atoms. The van der Waals surface area contributed by atoms with E-state index in [1.165, 1.54) is 28.5 Å². The van der Waals surface area contributed by atoms with E-state index in [2.05, 4.69) is 28.1 Å². The Hall–Kier alpha value is -4.32. The molecule has 0 unspecified atom stereocenters. The Morgan fingerprint density at radius 3 is 1.89 bits per heavy atom. The molecule has 0 aliphatic carbocycles. The molecule has 0 atom stereocenters. The topological polar surface area (TPSA) is 59.7 Å². The highest BCUT2D eigenvalue weighted by Gasteiger charge is 2.43. The average molecular weight is 463 g/mol. The second kappa shape index (κ2) is 8.47. The fourth-order valence-electron chi connectivity index (χ4n) is 5.07. The van der Waals surface area contributed by atoms with Gasteiger partial charge in [-0.1, -0.05) is 42.5 Å². The Kier molecular flexibility index (Phi) is 5.14. The van der Waals surface area contributed by atoms with Crippen LogP contribution in [0.5, 0.6) is 0 Å². The summed E-state index contributed by atoms with van der Waals surface area (Å²) in [5.74, 6) is -0.681. The summed E-state index contributed by atoms with van der Waals surface area (Å²) in [7, 11) is 0. The van der Waals surface area contributed by atoms with Crippen LogP contribution in [0.15, 0.2) is 84.4 Å². The molecular weight excluding hydrogens is 436 g/mol. The molecule has 0 spiro atoms. The van der Waals surface area contributed by atoms with E-state index < -0.39 is 0 Å². The lowest BCUT2D eigenvalue weighted by Gasteiger charge is -2.27. The fraction of sp³-hybridized carbons (Fsp3) is 0.172. The van der Waals surface area contributed by atoms with Gasteiger partial charge in [0.05, 0.1) is 11.4 Å². The van der Waals surface area contributed by atoms with Crippen molar-refractivity contribution in [2.45, 2.75) is 19.8 Å². The van der Waals surface area contributed by atoms with Gasteiger partial charge >= 0.3 is 0 Å². The number of para-hydroxylation sites is 2. The van der Waals surface area contributed by atoms with Crippen molar-refractivity contribution >= 4 is 45.9 Å². The number of carbonyl (C=O) groups excluding carboxylic acids is 2. The number of carbonyl (C=O) groups is 2. The van der Waals surface area contributed by atoms with Crippen LogP contribution >= 0.6 is 0 Å². The fourth-order valence-corrected chi connectivity index (χ4v) is 5.07. The first-order chi connectivity index (χ1) is 17.1. The van der Waals surface area contributed by atoms with Crippen LogP contribution in [0.4, 0.5) is 17.1 Å². The number of aromatic nitrogens is 1. The first-order valence-corrected chi connectivity index (χ1v) is 12.0. The largest absolute Gasteiger partial charge is 0.371 e. The van der Waals surface area contributed by atoms with Gasteiger partial charge in [-0.25, -0.2) is 10.0 Å². The number of fused-ring (bicyclic) bond motifs is 1. The minimum absolute atomic E-state index is 0.144. The Bertz CT molecular complexity index is 1390. The van der Waals surface area contributed by atoms with Gasteiger partial charge in [-0.2, -0.15) is 0 Å². The second-order valence-electron chi connectivity index (χ2n) is 9.05. The molecule has 2 amide bonds. The normalized spacial score (nSPS) is 16.1. The van der Waals surface area contributed by atoms with E-state index in [1.54, 1.807) is 6.08 Å². The summed E-state index contributed by atoms with van der Waals surface area (Å²) >= 11 is 0. The maximum atomic E-state index is 13.7. The predicted molar refractivity (Wildman–Crippen MR) is 140 cm³/mol. The number of hydrogen-bond donors (Lipinski definition) is 1. The number of rotatable bonds is 4. The molecule has 3 heterocycles. The zero-order valence-corrected chi connectivity index (χ0v) is 19.6. The van der Waals surface area contributed by atoms with E-state index >= 15 is 0 Å². The number of hydrogen-bond acceptors (Lipinski definition) is 3. The van der Waals surface area contributed by atoms with E-state index in [1.807, 2.05) is 67.6 Å². The molecule has 2 fully saturated rings. The van der Waals surface area contributed by atoms with Crippen molar-refractivity contribution in [2.75, 3.05) is 28.0 Å². The van der Waals surface area contributed by atoms with Crippen LogP contribution < -0.4 is 14.9 Å². The van der Waals surface area contributed by atoms with Crippen molar-refractivity contribution in [3.8, 4) is 0 Å². The third-order valence-electron chi connectivity index (χ3n) is 6.83. The van der Waals surface area contributed by atoms with E-state index in [4.69, 9.17) is 0 Å². The highest BCUT2D eigenvalue weighted by atomic mass is 16.2. The molecule has 4 aromatic rings. The van der Waals surface area contributed by atoms with Gasteiger partial charge in [0.15, 0.2) is 0 Å². The predicted octanol–water partition coefficient (Wildman–Crippen LogP) is 5.45. The molecule has 6 heteroatoms. The number of aromatic amines is 1. The molecule has 174 valence electrons. The quantitative estimate of drug-likeness (QED) is 0.324. The highest BCUT2D eigenvalue weighted by Crippen LogP contribution is 2.35. The molecule has 2 aliphatic rings. The summed E-state index contributed by atoms with van der Waals surface area (Å²) in [6.45, 7) is 4.14. The number of anilines is 3. The lowest BCUT2D eigenvalue weighted by Crippen LogP contribution is -2.41. The van der Waals surface area contributed by atoms with Gasteiger partial charge in [0, 0.05) is 40.9 Å². The Morgan fingerprint density at radius 2 is 1.31 bits per heavy atom. The van der Waals surface area contributed by atoms with E-state index in [0.717, 1.165) is 35.2 Å². The zero-order valence-electron chi connectivity index (χ0n) is 19.6. The van der Waals surface area contributed by atoms with Crippen molar-refractivity contribution in [3.63, 3.8) is 0 Å². The molecule has 6 nitrogen and oxygen atoms in total. The summed E-state index contributed by atoms with van der Waals surface area (Å²) in [5, 5.41) is 3.92. The van der Waals surface area contributed by atoms with E-state index in [-0.39, 0.29) is 17.4 Å². The molecule has 0 bridgehead atoms. The monoisotopic (exact) mass is 462 g/mol. The Balaban J connectivity index is 1.45. The SMILES string of the molecule is Cc1[nH]c2cc(N3CCCC3)ccc2c1C=C1C(=O)N(c2ccccc2)N(c2ccccc2)C1=O. The summed E-state index contributed by atoms with van der Waals surface area (Å²) in [4.78, 5) is 33.2. The van der Waals surface area contributed by atoms with Crippen molar-refractivity contribution in [2.24, 2.45) is 0 Å². The van der Waals surface area contributed by atoms with Crippen molar-refractivity contribution in [1.82, 2.24) is 4.98 Å². The van der Waals surface area contributed by atoms with Gasteiger partial charge in [0.25, 0.3) is 11.8 Å². The number of aryl methyl sites for hydroxylation is 1. The summed E-state index contributed by atoms with van der Waals surface area (Å²) in [6, 6.07) is 25.0. The molecule has 2 aliphatic heterocycles. The van der Waals surface area contributed by atoms with Crippen molar-refractivity contribution < 1.29 is 9.59 Å². The second-order valence-corrected chi connectivity index (χ2v) is 9.05. The van der Waals surface area contributed by atoms with E-state index in [9.17, 15) is 9.59 Å². The van der Waals surface area contributed by atoms with Crippen LogP contribution in [0.3, 0.4) is 0 Å². The highest BCUT2D eigenvalue weighted by molar-refractivity contribution is 6.38. The lowest BCUT2D eigenvalue weighted by molar-refractivity contribution is -0.116. The summed E-state index contributed by atoms with van der Waals surface area (Å²) in [5.41, 5.74) is 5.44. The van der Waals surface area contributed by atoms with Gasteiger partial charge in [-0.3, -0.25) is 9.59 Å². The molecule has 0 saturated carbocycles. The van der Waals surface area contributed by atoms with Crippen LogP contribution in [0.1, 0.15) is 24.1 Å². The average Bonchev–Trinajstić information content (AvgIpc) is 3.59. The number of amides is 2. The first kappa shape index (κ1) is 21.2. The van der Waals surface area contributed by atoms with Gasteiger partial charge in [0.2, 0.25) is 0 Å². The van der Waals surface area contributed by atoms with Crippen LogP contribution in [0.25, 0.3) is 17.0 Å². The Morgan fingerprint density at radius 1 is 0.743 bits per heavy atom. The molecule has 6 rings (SSSR count). The number of hydrazine groups is 1. The molecule has 0 radical (unpaired) electrons. The maximum absolute atomic E-state index is 13.7. The van der Waals surface area contributed by atoms with Gasteiger partial charge in [0.1, 0.15) is 5.57 Å². The number of nitrogens with zero attached hydrogens (tertiary/aromatic N) is 3. The smallest absolute Gasteiger partial charge is 0.283 e. The molecule has 2 saturated heterocycles. The molecule has 1 aromatic heterocycles. The van der Waals surface area contributed by atoms with Crippen LogP contribution in [-0.2, 0) is 9.59 Å². The minimum atomic E-state index is -0.340. The number of benzene rings is 3. The van der Waals surface area contributed by atoms with Crippen LogP contribution in [0, 0.1) is 6.92 Å². The first-order valence-electron chi connectivity index (χ1n) is 12.0. The van der Waals surface area contributed by atoms with Gasteiger partial charge in [-0.15, -0.1) is 0 Å². The number of H-pyrrole nitrogens is 1. The van der Waals surface area contributed by atoms with Crippen LogP contribution in [-0.4, -0.2) is 29.9 Å². The van der Waals surface area contributed by atoms with Crippen molar-refractivity contribution in [1.29, 1.82) is 0 Å². The van der Waals surface area contributed by atoms with Crippen molar-refractivity contribution in [3.05, 3.63) is 95.7 Å². The van der Waals surface area contributed by atoms with Crippen LogP contribution in [0.2, 0.25) is 0 Å². The molecular formula is C29H26N4O2. The maximum Gasteiger partial charge on any atom is 0.283 e. The molecule has 1 N–H and O–H groups in total. The molecule has 3 aromatic carbocycles. The van der Waals surface area contributed by atoms with Gasteiger partial charge < -0.3 is 9.88 Å². The van der Waals surface area contributed by atoms with E-state index in [0.29, 0.717) is 11.4 Å². The zero-order chi connectivity index (χ0) is 23.9. The third kappa shape index (κ3) is 3.58. The third-order valence-corrected chi connectivity index (χ3v) is 6.83. The standard InChI is InChI=1S/C29H26N4O2/c1-20-25(24-15-14-23(18-27(24)30-20)31-16-8-9-17-31)19-26-28(34)32(21-10-4-2-5-11-21)33(29(26)35)22-12-6-3-7-13-22/h2-7,10-15,18-19,30H,8-9,16-17H2,1H3. The Labute approximate surface area is 204 Å². The van der Waals surface area contributed by atoms with Gasteiger partial charge in [-0.05, 0) is 62.2 Å². The number of nitrogens with one attached hydrogen (secondary N) is 1. The lowest BCUT2D eigenvalue weighted by atomic mass is 10.1.